The van der Waals surface area contributed by atoms with E-state index in [1.54, 1.807) is 0 Å². The molecule has 0 rings (SSSR count). The molecular formula is C14H28O2. The molecule has 2 nitrogen and oxygen atoms in total. The molecule has 1 unspecified atom stereocenters. The van der Waals surface area contributed by atoms with Crippen LogP contribution in [0.3, 0.4) is 0 Å². The van der Waals surface area contributed by atoms with Gasteiger partial charge in [0.05, 0.1) is 5.92 Å². The molecule has 0 aliphatic rings. The normalized spacial score (nSPS) is 13.6. The zero-order valence-electron chi connectivity index (χ0n) is 11.6. The lowest BCUT2D eigenvalue weighted by molar-refractivity contribution is -0.160. The average molecular weight is 228 g/mol. The molecule has 2 heteroatoms. The van der Waals surface area contributed by atoms with E-state index in [0.29, 0.717) is 0 Å². The van der Waals surface area contributed by atoms with Crippen molar-refractivity contribution in [2.24, 2.45) is 5.92 Å². The first kappa shape index (κ1) is 15.5. The third kappa shape index (κ3) is 7.72. The molecule has 0 heterocycles. The van der Waals surface area contributed by atoms with Crippen LogP contribution in [0.2, 0.25) is 0 Å². The molecular weight excluding hydrogens is 200 g/mol. The van der Waals surface area contributed by atoms with Crippen LogP contribution in [0.15, 0.2) is 0 Å². The molecule has 0 amide bonds. The van der Waals surface area contributed by atoms with Crippen molar-refractivity contribution in [1.82, 2.24) is 0 Å². The Morgan fingerprint density at radius 2 is 1.69 bits per heavy atom. The zero-order chi connectivity index (χ0) is 12.6. The summed E-state index contributed by atoms with van der Waals surface area (Å²) in [6.07, 6.45) is 6.54. The zero-order valence-corrected chi connectivity index (χ0v) is 11.6. The van der Waals surface area contributed by atoms with Gasteiger partial charge in [0.1, 0.15) is 5.60 Å². The Morgan fingerprint density at radius 3 is 2.12 bits per heavy atom. The summed E-state index contributed by atoms with van der Waals surface area (Å²) in [6, 6.07) is 0. The topological polar surface area (TPSA) is 26.3 Å². The number of carbonyl (C=O) groups excluding carboxylic acids is 1. The first-order valence-corrected chi connectivity index (χ1v) is 6.63. The predicted molar refractivity (Wildman–Crippen MR) is 68.4 cm³/mol. The lowest BCUT2D eigenvalue weighted by atomic mass is 9.96. The van der Waals surface area contributed by atoms with Crippen LogP contribution in [-0.4, -0.2) is 11.6 Å². The standard InChI is InChI=1S/C14H28O2/c1-6-8-9-11-12(10-7-2)13(15)16-14(3,4)5/h12H,6-11H2,1-5H3. The van der Waals surface area contributed by atoms with Gasteiger partial charge in [-0.05, 0) is 33.6 Å². The van der Waals surface area contributed by atoms with Crippen LogP contribution in [0, 0.1) is 5.92 Å². The average Bonchev–Trinajstić information content (AvgIpc) is 2.14. The minimum atomic E-state index is -0.353. The quantitative estimate of drug-likeness (QED) is 0.479. The molecule has 16 heavy (non-hydrogen) atoms. The molecule has 0 aromatic carbocycles. The van der Waals surface area contributed by atoms with Crippen LogP contribution >= 0.6 is 0 Å². The molecule has 0 fully saturated rings. The number of unbranched alkanes of at least 4 members (excludes halogenated alkanes) is 2. The lowest BCUT2D eigenvalue weighted by Gasteiger charge is -2.23. The van der Waals surface area contributed by atoms with Gasteiger partial charge in [-0.3, -0.25) is 4.79 Å². The Labute approximate surface area is 101 Å². The maximum Gasteiger partial charge on any atom is 0.309 e. The minimum Gasteiger partial charge on any atom is -0.460 e. The summed E-state index contributed by atoms with van der Waals surface area (Å²) in [5, 5.41) is 0. The molecule has 0 radical (unpaired) electrons. The smallest absolute Gasteiger partial charge is 0.309 e. The van der Waals surface area contributed by atoms with E-state index in [2.05, 4.69) is 13.8 Å². The molecule has 0 bridgehead atoms. The summed E-state index contributed by atoms with van der Waals surface area (Å²) in [5.41, 5.74) is -0.353. The minimum absolute atomic E-state index is 0.00884. The van der Waals surface area contributed by atoms with Crippen LogP contribution in [0.1, 0.15) is 73.1 Å². The van der Waals surface area contributed by atoms with Crippen LogP contribution in [-0.2, 0) is 9.53 Å². The summed E-state index contributed by atoms with van der Waals surface area (Å²) in [4.78, 5) is 11.9. The van der Waals surface area contributed by atoms with Crippen LogP contribution in [0.4, 0.5) is 0 Å². The largest absolute Gasteiger partial charge is 0.460 e. The number of rotatable bonds is 7. The maximum absolute atomic E-state index is 11.9. The molecule has 0 saturated heterocycles. The van der Waals surface area contributed by atoms with Gasteiger partial charge in [0, 0.05) is 0 Å². The van der Waals surface area contributed by atoms with E-state index >= 15 is 0 Å². The van der Waals surface area contributed by atoms with Crippen LogP contribution in [0.5, 0.6) is 0 Å². The molecule has 0 spiro atoms. The van der Waals surface area contributed by atoms with Crippen molar-refractivity contribution in [2.45, 2.75) is 78.7 Å². The molecule has 0 aromatic rings. The lowest BCUT2D eigenvalue weighted by Crippen LogP contribution is -2.28. The fourth-order valence-electron chi connectivity index (χ4n) is 1.75. The third-order valence-corrected chi connectivity index (χ3v) is 2.53. The second-order valence-electron chi connectivity index (χ2n) is 5.51. The fourth-order valence-corrected chi connectivity index (χ4v) is 1.75. The second-order valence-corrected chi connectivity index (χ2v) is 5.51. The highest BCUT2D eigenvalue weighted by molar-refractivity contribution is 5.72. The Bertz CT molecular complexity index is 191. The van der Waals surface area contributed by atoms with Crippen molar-refractivity contribution < 1.29 is 9.53 Å². The van der Waals surface area contributed by atoms with Crippen molar-refractivity contribution in [1.29, 1.82) is 0 Å². The van der Waals surface area contributed by atoms with Gasteiger partial charge in [0.15, 0.2) is 0 Å². The number of carbonyl (C=O) groups is 1. The van der Waals surface area contributed by atoms with Crippen LogP contribution in [0.25, 0.3) is 0 Å². The summed E-state index contributed by atoms with van der Waals surface area (Å²) < 4.78 is 5.44. The summed E-state index contributed by atoms with van der Waals surface area (Å²) in [5.74, 6) is 0.0984. The Morgan fingerprint density at radius 1 is 1.06 bits per heavy atom. The highest BCUT2D eigenvalue weighted by atomic mass is 16.6. The highest BCUT2D eigenvalue weighted by Gasteiger charge is 2.23. The van der Waals surface area contributed by atoms with E-state index < -0.39 is 0 Å². The molecule has 0 aliphatic heterocycles. The number of ether oxygens (including phenoxy) is 1. The van der Waals surface area contributed by atoms with Gasteiger partial charge in [-0.1, -0.05) is 39.5 Å². The van der Waals surface area contributed by atoms with E-state index in [1.807, 2.05) is 20.8 Å². The summed E-state index contributed by atoms with van der Waals surface area (Å²) >= 11 is 0. The van der Waals surface area contributed by atoms with Gasteiger partial charge < -0.3 is 4.74 Å². The molecule has 0 aromatic heterocycles. The van der Waals surface area contributed by atoms with E-state index in [4.69, 9.17) is 4.74 Å². The van der Waals surface area contributed by atoms with Gasteiger partial charge in [0.2, 0.25) is 0 Å². The molecule has 96 valence electrons. The van der Waals surface area contributed by atoms with Gasteiger partial charge in [-0.15, -0.1) is 0 Å². The van der Waals surface area contributed by atoms with E-state index in [-0.39, 0.29) is 17.5 Å². The molecule has 0 aliphatic carbocycles. The Hall–Kier alpha value is -0.530. The van der Waals surface area contributed by atoms with Gasteiger partial charge >= 0.3 is 5.97 Å². The Balaban J connectivity index is 4.12. The summed E-state index contributed by atoms with van der Waals surface area (Å²) in [7, 11) is 0. The maximum atomic E-state index is 11.9. The van der Waals surface area contributed by atoms with Crippen molar-refractivity contribution in [2.75, 3.05) is 0 Å². The van der Waals surface area contributed by atoms with Crippen molar-refractivity contribution in [3.63, 3.8) is 0 Å². The third-order valence-electron chi connectivity index (χ3n) is 2.53. The SMILES string of the molecule is CCCCCC(CCC)C(=O)OC(C)(C)C. The molecule has 0 N–H and O–H groups in total. The van der Waals surface area contributed by atoms with E-state index in [1.165, 1.54) is 12.8 Å². The van der Waals surface area contributed by atoms with Crippen LogP contribution < -0.4 is 0 Å². The predicted octanol–water partition coefficient (Wildman–Crippen LogP) is 4.32. The van der Waals surface area contributed by atoms with Gasteiger partial charge in [-0.25, -0.2) is 0 Å². The van der Waals surface area contributed by atoms with E-state index in [0.717, 1.165) is 25.7 Å². The van der Waals surface area contributed by atoms with Crippen molar-refractivity contribution in [3.8, 4) is 0 Å². The van der Waals surface area contributed by atoms with Gasteiger partial charge in [0.25, 0.3) is 0 Å². The van der Waals surface area contributed by atoms with Gasteiger partial charge in [-0.2, -0.15) is 0 Å². The monoisotopic (exact) mass is 228 g/mol. The van der Waals surface area contributed by atoms with E-state index in [9.17, 15) is 4.79 Å². The molecule has 1 atom stereocenters. The Kier molecular flexibility index (Phi) is 7.44. The fraction of sp³-hybridized carbons (Fsp3) is 0.929. The first-order valence-electron chi connectivity index (χ1n) is 6.63. The number of hydrogen-bond donors (Lipinski definition) is 0. The first-order chi connectivity index (χ1) is 7.40. The summed E-state index contributed by atoms with van der Waals surface area (Å²) in [6.45, 7) is 10.1. The second kappa shape index (κ2) is 7.70. The van der Waals surface area contributed by atoms with Crippen molar-refractivity contribution >= 4 is 5.97 Å². The molecule has 0 saturated carbocycles. The number of esters is 1. The highest BCUT2D eigenvalue weighted by Crippen LogP contribution is 2.20. The number of hydrogen-bond acceptors (Lipinski definition) is 2. The van der Waals surface area contributed by atoms with Crippen molar-refractivity contribution in [3.05, 3.63) is 0 Å².